The average Bonchev–Trinajstić information content (AvgIpc) is 3.07. The third-order valence-corrected chi connectivity index (χ3v) is 3.72. The molecular formula is C19H18FN5O3. The van der Waals surface area contributed by atoms with Gasteiger partial charge in [-0.25, -0.2) is 14.1 Å². The van der Waals surface area contributed by atoms with Crippen LogP contribution in [0.3, 0.4) is 0 Å². The van der Waals surface area contributed by atoms with E-state index < -0.39 is 11.8 Å². The number of aryl methyl sites for hydroxylation is 2. The highest BCUT2D eigenvalue weighted by molar-refractivity contribution is 5.92. The van der Waals surface area contributed by atoms with Gasteiger partial charge in [0.05, 0.1) is 5.69 Å². The van der Waals surface area contributed by atoms with Crippen molar-refractivity contribution in [3.63, 3.8) is 0 Å². The van der Waals surface area contributed by atoms with Gasteiger partial charge in [-0.15, -0.1) is 5.10 Å². The standard InChI is InChI=1S/C19H18FN5O3/c1-12-4-3-5-16(10-12)28-11-17(26)22-23-19(27)18-21-13(2)25(24-18)15-8-6-14(20)7-9-15/h3-10H,11H2,1-2H3,(H,22,26)(H,23,27). The molecule has 2 amide bonds. The molecule has 3 rings (SSSR count). The fraction of sp³-hybridized carbons (Fsp3) is 0.158. The van der Waals surface area contributed by atoms with Crippen LogP contribution in [-0.4, -0.2) is 33.2 Å². The van der Waals surface area contributed by atoms with Crippen LogP contribution >= 0.6 is 0 Å². The number of carbonyl (C=O) groups excluding carboxylic acids is 2. The van der Waals surface area contributed by atoms with E-state index in [0.29, 0.717) is 17.3 Å². The van der Waals surface area contributed by atoms with Crippen LogP contribution in [0.4, 0.5) is 4.39 Å². The lowest BCUT2D eigenvalue weighted by molar-refractivity contribution is -0.123. The molecule has 0 aliphatic carbocycles. The van der Waals surface area contributed by atoms with E-state index in [1.54, 1.807) is 19.1 Å². The maximum absolute atomic E-state index is 13.0. The molecule has 0 fully saturated rings. The lowest BCUT2D eigenvalue weighted by Gasteiger charge is -2.08. The van der Waals surface area contributed by atoms with Gasteiger partial charge in [0, 0.05) is 0 Å². The third kappa shape index (κ3) is 4.70. The van der Waals surface area contributed by atoms with E-state index in [2.05, 4.69) is 20.9 Å². The molecule has 28 heavy (non-hydrogen) atoms. The SMILES string of the molecule is Cc1cccc(OCC(=O)NNC(=O)c2nc(C)n(-c3ccc(F)cc3)n2)c1. The number of rotatable bonds is 5. The largest absolute Gasteiger partial charge is 0.484 e. The van der Waals surface area contributed by atoms with Gasteiger partial charge in [-0.1, -0.05) is 12.1 Å². The van der Waals surface area contributed by atoms with Gasteiger partial charge >= 0.3 is 5.91 Å². The van der Waals surface area contributed by atoms with E-state index in [1.807, 2.05) is 19.1 Å². The Balaban J connectivity index is 1.55. The molecule has 0 saturated carbocycles. The molecule has 0 atom stereocenters. The van der Waals surface area contributed by atoms with E-state index in [-0.39, 0.29) is 18.2 Å². The van der Waals surface area contributed by atoms with Crippen molar-refractivity contribution >= 4 is 11.8 Å². The maximum Gasteiger partial charge on any atom is 0.309 e. The first-order valence-corrected chi connectivity index (χ1v) is 8.40. The van der Waals surface area contributed by atoms with Gasteiger partial charge in [-0.05, 0) is 55.8 Å². The van der Waals surface area contributed by atoms with Crippen LogP contribution < -0.4 is 15.6 Å². The van der Waals surface area contributed by atoms with Crippen molar-refractivity contribution in [1.29, 1.82) is 0 Å². The average molecular weight is 383 g/mol. The Morgan fingerprint density at radius 1 is 1.11 bits per heavy atom. The zero-order valence-corrected chi connectivity index (χ0v) is 15.3. The molecular weight excluding hydrogens is 365 g/mol. The zero-order chi connectivity index (χ0) is 20.1. The van der Waals surface area contributed by atoms with Crippen molar-refractivity contribution in [1.82, 2.24) is 25.6 Å². The minimum atomic E-state index is -0.687. The van der Waals surface area contributed by atoms with Crippen molar-refractivity contribution < 1.29 is 18.7 Å². The number of halogens is 1. The Bertz CT molecular complexity index is 1000. The van der Waals surface area contributed by atoms with Crippen molar-refractivity contribution in [2.45, 2.75) is 13.8 Å². The zero-order valence-electron chi connectivity index (χ0n) is 15.3. The molecule has 8 nitrogen and oxygen atoms in total. The molecule has 3 aromatic rings. The monoisotopic (exact) mass is 383 g/mol. The molecule has 2 aromatic carbocycles. The van der Waals surface area contributed by atoms with E-state index in [1.165, 1.54) is 28.9 Å². The summed E-state index contributed by atoms with van der Waals surface area (Å²) >= 11 is 0. The molecule has 0 radical (unpaired) electrons. The first kappa shape index (κ1) is 19.0. The van der Waals surface area contributed by atoms with Crippen molar-refractivity contribution in [3.05, 3.63) is 71.6 Å². The number of benzene rings is 2. The second-order valence-electron chi connectivity index (χ2n) is 5.98. The summed E-state index contributed by atoms with van der Waals surface area (Å²) in [4.78, 5) is 28.0. The highest BCUT2D eigenvalue weighted by Gasteiger charge is 2.16. The number of nitrogens with one attached hydrogen (secondary N) is 2. The smallest absolute Gasteiger partial charge is 0.309 e. The fourth-order valence-corrected chi connectivity index (χ4v) is 2.39. The summed E-state index contributed by atoms with van der Waals surface area (Å²) in [7, 11) is 0. The van der Waals surface area contributed by atoms with Crippen LogP contribution in [0.2, 0.25) is 0 Å². The summed E-state index contributed by atoms with van der Waals surface area (Å²) in [5.74, 6) is -0.753. The van der Waals surface area contributed by atoms with Crippen LogP contribution in [0.1, 0.15) is 22.0 Å². The molecule has 0 bridgehead atoms. The predicted octanol–water partition coefficient (Wildman–Crippen LogP) is 1.86. The Labute approximate surface area is 160 Å². The summed E-state index contributed by atoms with van der Waals surface area (Å²) in [5.41, 5.74) is 6.03. The number of amides is 2. The first-order chi connectivity index (χ1) is 13.4. The second kappa shape index (κ2) is 8.30. The molecule has 144 valence electrons. The molecule has 0 aliphatic heterocycles. The van der Waals surface area contributed by atoms with Crippen LogP contribution in [-0.2, 0) is 4.79 Å². The van der Waals surface area contributed by atoms with Gasteiger partial charge in [0.25, 0.3) is 5.91 Å². The highest BCUT2D eigenvalue weighted by atomic mass is 19.1. The highest BCUT2D eigenvalue weighted by Crippen LogP contribution is 2.12. The lowest BCUT2D eigenvalue weighted by Crippen LogP contribution is -2.44. The molecule has 1 heterocycles. The Hall–Kier alpha value is -3.75. The number of nitrogens with zero attached hydrogens (tertiary/aromatic N) is 3. The van der Waals surface area contributed by atoms with Gasteiger partial charge in [0.15, 0.2) is 6.61 Å². The van der Waals surface area contributed by atoms with Crippen LogP contribution in [0, 0.1) is 19.7 Å². The van der Waals surface area contributed by atoms with E-state index in [9.17, 15) is 14.0 Å². The minimum Gasteiger partial charge on any atom is -0.484 e. The van der Waals surface area contributed by atoms with Crippen molar-refractivity contribution in [2.24, 2.45) is 0 Å². The number of ether oxygens (including phenoxy) is 1. The molecule has 0 spiro atoms. The summed E-state index contributed by atoms with van der Waals surface area (Å²) < 4.78 is 19.8. The van der Waals surface area contributed by atoms with E-state index in [0.717, 1.165) is 5.56 Å². The number of carbonyl (C=O) groups is 2. The quantitative estimate of drug-likeness (QED) is 0.656. The number of hydrazine groups is 1. The molecule has 2 N–H and O–H groups in total. The first-order valence-electron chi connectivity index (χ1n) is 8.40. The van der Waals surface area contributed by atoms with Crippen molar-refractivity contribution in [2.75, 3.05) is 6.61 Å². The van der Waals surface area contributed by atoms with Gasteiger partial charge in [-0.3, -0.25) is 20.4 Å². The second-order valence-corrected chi connectivity index (χ2v) is 5.98. The molecule has 0 saturated heterocycles. The summed E-state index contributed by atoms with van der Waals surface area (Å²) in [5, 5.41) is 4.08. The Morgan fingerprint density at radius 2 is 1.86 bits per heavy atom. The number of hydrogen-bond acceptors (Lipinski definition) is 5. The van der Waals surface area contributed by atoms with Crippen molar-refractivity contribution in [3.8, 4) is 11.4 Å². The van der Waals surface area contributed by atoms with Crippen LogP contribution in [0.5, 0.6) is 5.75 Å². The summed E-state index contributed by atoms with van der Waals surface area (Å²) in [6.45, 7) is 3.30. The Kier molecular flexibility index (Phi) is 5.64. The van der Waals surface area contributed by atoms with Gasteiger partial charge < -0.3 is 4.74 Å². The van der Waals surface area contributed by atoms with Crippen LogP contribution in [0.25, 0.3) is 5.69 Å². The van der Waals surface area contributed by atoms with Gasteiger partial charge in [-0.2, -0.15) is 0 Å². The minimum absolute atomic E-state index is 0.137. The maximum atomic E-state index is 13.0. The van der Waals surface area contributed by atoms with E-state index >= 15 is 0 Å². The Morgan fingerprint density at radius 3 is 2.57 bits per heavy atom. The topological polar surface area (TPSA) is 98.1 Å². The molecule has 1 aromatic heterocycles. The summed E-state index contributed by atoms with van der Waals surface area (Å²) in [6, 6.07) is 12.8. The predicted molar refractivity (Wildman–Crippen MR) is 98.3 cm³/mol. The number of aromatic nitrogens is 3. The molecule has 0 aliphatic rings. The normalized spacial score (nSPS) is 10.4. The van der Waals surface area contributed by atoms with Crippen LogP contribution in [0.15, 0.2) is 48.5 Å². The summed E-state index contributed by atoms with van der Waals surface area (Å²) in [6.07, 6.45) is 0. The third-order valence-electron chi connectivity index (χ3n) is 3.72. The lowest BCUT2D eigenvalue weighted by atomic mass is 10.2. The molecule has 9 heteroatoms. The van der Waals surface area contributed by atoms with Gasteiger partial charge in [0.2, 0.25) is 5.82 Å². The fourth-order valence-electron chi connectivity index (χ4n) is 2.39. The van der Waals surface area contributed by atoms with E-state index in [4.69, 9.17) is 4.74 Å². The van der Waals surface area contributed by atoms with Gasteiger partial charge in [0.1, 0.15) is 17.4 Å². The number of hydrogen-bond donors (Lipinski definition) is 2. The molecule has 0 unspecified atom stereocenters.